The van der Waals surface area contributed by atoms with Crippen LogP contribution in [-0.2, 0) is 17.8 Å². The number of aromatic hydroxyl groups is 1. The van der Waals surface area contributed by atoms with E-state index in [0.717, 1.165) is 16.8 Å². The smallest absolute Gasteiger partial charge is 0.224 e. The Kier molecular flexibility index (Phi) is 5.22. The van der Waals surface area contributed by atoms with Gasteiger partial charge in [0.25, 0.3) is 0 Å². The molecular formula is C16H17BrN2O2. The Labute approximate surface area is 132 Å². The first kappa shape index (κ1) is 15.4. The van der Waals surface area contributed by atoms with Gasteiger partial charge in [-0.15, -0.1) is 0 Å². The second-order valence-corrected chi connectivity index (χ2v) is 5.50. The average Bonchev–Trinajstić information content (AvgIpc) is 2.49. The molecule has 110 valence electrons. The van der Waals surface area contributed by atoms with Crippen molar-refractivity contribution in [2.45, 2.75) is 13.0 Å². The molecule has 0 atom stereocenters. The third-order valence-corrected chi connectivity index (χ3v) is 3.78. The highest BCUT2D eigenvalue weighted by Crippen LogP contribution is 2.25. The van der Waals surface area contributed by atoms with Gasteiger partial charge in [-0.3, -0.25) is 4.79 Å². The molecule has 0 heterocycles. The number of hydrogen-bond donors (Lipinski definition) is 3. The van der Waals surface area contributed by atoms with E-state index in [4.69, 9.17) is 0 Å². The second-order valence-electron chi connectivity index (χ2n) is 4.65. The lowest BCUT2D eigenvalue weighted by Gasteiger charge is -2.12. The number of anilines is 1. The summed E-state index contributed by atoms with van der Waals surface area (Å²) >= 11 is 3.30. The summed E-state index contributed by atoms with van der Waals surface area (Å²) in [7, 11) is 1.63. The lowest BCUT2D eigenvalue weighted by Crippen LogP contribution is -2.20. The molecule has 0 bridgehead atoms. The molecule has 0 unspecified atom stereocenters. The van der Waals surface area contributed by atoms with E-state index in [1.165, 1.54) is 0 Å². The first-order valence-corrected chi connectivity index (χ1v) is 7.39. The Morgan fingerprint density at radius 1 is 1.24 bits per heavy atom. The van der Waals surface area contributed by atoms with Crippen molar-refractivity contribution >= 4 is 27.5 Å². The van der Waals surface area contributed by atoms with Gasteiger partial charge in [0.2, 0.25) is 5.91 Å². The quantitative estimate of drug-likeness (QED) is 0.778. The summed E-state index contributed by atoms with van der Waals surface area (Å²) in [5.41, 5.74) is 2.93. The number of rotatable bonds is 5. The molecule has 0 aromatic heterocycles. The van der Waals surface area contributed by atoms with Crippen LogP contribution >= 0.6 is 15.9 Å². The van der Waals surface area contributed by atoms with Crippen molar-refractivity contribution in [3.8, 4) is 5.75 Å². The fourth-order valence-electron chi connectivity index (χ4n) is 1.97. The molecule has 4 nitrogen and oxygen atoms in total. The first-order valence-electron chi connectivity index (χ1n) is 6.60. The van der Waals surface area contributed by atoms with Gasteiger partial charge in [-0.25, -0.2) is 0 Å². The molecule has 5 heteroatoms. The van der Waals surface area contributed by atoms with E-state index in [1.807, 2.05) is 36.4 Å². The predicted octanol–water partition coefficient (Wildman–Crippen LogP) is 3.06. The maximum absolute atomic E-state index is 11.5. The highest BCUT2D eigenvalue weighted by atomic mass is 79.9. The van der Waals surface area contributed by atoms with Crippen LogP contribution in [0.15, 0.2) is 46.9 Å². The minimum atomic E-state index is -0.0170. The molecule has 2 aromatic rings. The lowest BCUT2D eigenvalue weighted by atomic mass is 10.1. The van der Waals surface area contributed by atoms with Crippen LogP contribution in [0, 0.1) is 0 Å². The fourth-order valence-corrected chi connectivity index (χ4v) is 2.39. The molecule has 0 aliphatic rings. The number of carbonyl (C=O) groups is 1. The van der Waals surface area contributed by atoms with Crippen LogP contribution in [0.5, 0.6) is 5.75 Å². The van der Waals surface area contributed by atoms with E-state index in [0.29, 0.717) is 17.4 Å². The molecule has 0 aliphatic carbocycles. The molecule has 0 fully saturated rings. The third kappa shape index (κ3) is 4.23. The minimum absolute atomic E-state index is 0.0170. The molecule has 1 amide bonds. The van der Waals surface area contributed by atoms with Crippen molar-refractivity contribution in [2.24, 2.45) is 0 Å². The number of benzene rings is 2. The normalized spacial score (nSPS) is 10.2. The number of likely N-dealkylation sites (N-methyl/N-ethyl adjacent to an activating group) is 1. The maximum Gasteiger partial charge on any atom is 0.224 e. The molecule has 0 radical (unpaired) electrons. The number of para-hydroxylation sites is 1. The fraction of sp³-hybridized carbons (Fsp3) is 0.188. The number of phenolic OH excluding ortho intramolecular Hbond substituents is 1. The summed E-state index contributed by atoms with van der Waals surface area (Å²) < 4.78 is 0.667. The Morgan fingerprint density at radius 3 is 2.71 bits per heavy atom. The summed E-state index contributed by atoms with van der Waals surface area (Å²) in [6.07, 6.45) is 0.346. The number of hydrogen-bond acceptors (Lipinski definition) is 3. The topological polar surface area (TPSA) is 61.4 Å². The minimum Gasteiger partial charge on any atom is -0.507 e. The van der Waals surface area contributed by atoms with Gasteiger partial charge in [0.05, 0.1) is 10.9 Å². The highest BCUT2D eigenvalue weighted by molar-refractivity contribution is 9.10. The SMILES string of the molecule is CNC(=O)Cc1ccccc1NCc1ccc(O)c(Br)c1. The number of nitrogens with one attached hydrogen (secondary N) is 2. The van der Waals surface area contributed by atoms with Crippen molar-refractivity contribution in [2.75, 3.05) is 12.4 Å². The molecule has 3 N–H and O–H groups in total. The van der Waals surface area contributed by atoms with E-state index in [1.54, 1.807) is 13.1 Å². The van der Waals surface area contributed by atoms with Gasteiger partial charge in [-0.05, 0) is 45.3 Å². The molecule has 0 saturated carbocycles. The number of halogens is 1. The molecule has 0 spiro atoms. The van der Waals surface area contributed by atoms with Gasteiger partial charge in [-0.1, -0.05) is 24.3 Å². The number of phenols is 1. The van der Waals surface area contributed by atoms with Crippen LogP contribution in [0.4, 0.5) is 5.69 Å². The molecule has 0 saturated heterocycles. The Hall–Kier alpha value is -2.01. The van der Waals surface area contributed by atoms with Crippen molar-refractivity contribution in [1.82, 2.24) is 5.32 Å². The third-order valence-electron chi connectivity index (χ3n) is 3.14. The summed E-state index contributed by atoms with van der Waals surface area (Å²) in [5.74, 6) is 0.204. The van der Waals surface area contributed by atoms with Gasteiger partial charge in [0.1, 0.15) is 5.75 Å². The molecule has 2 aromatic carbocycles. The van der Waals surface area contributed by atoms with Crippen molar-refractivity contribution in [3.63, 3.8) is 0 Å². The largest absolute Gasteiger partial charge is 0.507 e. The number of amides is 1. The molecule has 21 heavy (non-hydrogen) atoms. The monoisotopic (exact) mass is 348 g/mol. The van der Waals surface area contributed by atoms with E-state index in [2.05, 4.69) is 26.6 Å². The standard InChI is InChI=1S/C16H17BrN2O2/c1-18-16(21)9-12-4-2-3-5-14(12)19-10-11-6-7-15(20)13(17)8-11/h2-8,19-20H,9-10H2,1H3,(H,18,21). The van der Waals surface area contributed by atoms with E-state index < -0.39 is 0 Å². The van der Waals surface area contributed by atoms with E-state index >= 15 is 0 Å². The Balaban J connectivity index is 2.09. The van der Waals surface area contributed by atoms with E-state index in [-0.39, 0.29) is 11.7 Å². The zero-order valence-electron chi connectivity index (χ0n) is 11.7. The molecule has 2 rings (SSSR count). The van der Waals surface area contributed by atoms with Crippen molar-refractivity contribution in [3.05, 3.63) is 58.1 Å². The summed E-state index contributed by atoms with van der Waals surface area (Å²) in [5, 5.41) is 15.4. The van der Waals surface area contributed by atoms with E-state index in [9.17, 15) is 9.90 Å². The van der Waals surface area contributed by atoms with Gasteiger partial charge >= 0.3 is 0 Å². The molecule has 0 aliphatic heterocycles. The first-order chi connectivity index (χ1) is 10.1. The van der Waals surface area contributed by atoms with Crippen LogP contribution in [-0.4, -0.2) is 18.1 Å². The van der Waals surface area contributed by atoms with Crippen molar-refractivity contribution < 1.29 is 9.90 Å². The maximum atomic E-state index is 11.5. The lowest BCUT2D eigenvalue weighted by molar-refractivity contribution is -0.119. The Morgan fingerprint density at radius 2 is 2.00 bits per heavy atom. The van der Waals surface area contributed by atoms with Crippen molar-refractivity contribution in [1.29, 1.82) is 0 Å². The summed E-state index contributed by atoms with van der Waals surface area (Å²) in [4.78, 5) is 11.5. The Bertz CT molecular complexity index is 644. The van der Waals surface area contributed by atoms with Gasteiger partial charge < -0.3 is 15.7 Å². The van der Waals surface area contributed by atoms with Gasteiger partial charge in [-0.2, -0.15) is 0 Å². The molecular weight excluding hydrogens is 332 g/mol. The van der Waals surface area contributed by atoms with Crippen LogP contribution < -0.4 is 10.6 Å². The van der Waals surface area contributed by atoms with Crippen LogP contribution in [0.2, 0.25) is 0 Å². The second kappa shape index (κ2) is 7.13. The van der Waals surface area contributed by atoms with Crippen LogP contribution in [0.25, 0.3) is 0 Å². The predicted molar refractivity (Wildman–Crippen MR) is 87.3 cm³/mol. The van der Waals surface area contributed by atoms with Gasteiger partial charge in [0.15, 0.2) is 0 Å². The summed E-state index contributed by atoms with van der Waals surface area (Å²) in [6, 6.07) is 13.1. The van der Waals surface area contributed by atoms with Gasteiger partial charge in [0, 0.05) is 19.3 Å². The van der Waals surface area contributed by atoms with Crippen LogP contribution in [0.3, 0.4) is 0 Å². The zero-order chi connectivity index (χ0) is 15.2. The zero-order valence-corrected chi connectivity index (χ0v) is 13.3. The number of carbonyl (C=O) groups excluding carboxylic acids is 1. The summed E-state index contributed by atoms with van der Waals surface area (Å²) in [6.45, 7) is 0.615. The van der Waals surface area contributed by atoms with Crippen LogP contribution in [0.1, 0.15) is 11.1 Å². The highest BCUT2D eigenvalue weighted by Gasteiger charge is 2.06. The average molecular weight is 349 g/mol.